The molecule has 2 N–H and O–H groups in total. The lowest BCUT2D eigenvalue weighted by Gasteiger charge is -2.14. The minimum Gasteiger partial charge on any atom is -0.327 e. The van der Waals surface area contributed by atoms with Gasteiger partial charge in [0.2, 0.25) is 0 Å². The molecule has 0 aromatic rings. The normalized spacial score (nSPS) is 25.7. The van der Waals surface area contributed by atoms with Crippen LogP contribution < -0.4 is 5.73 Å². The van der Waals surface area contributed by atoms with E-state index in [1.807, 2.05) is 0 Å². The van der Waals surface area contributed by atoms with Gasteiger partial charge in [-0.2, -0.15) is 0 Å². The van der Waals surface area contributed by atoms with Crippen LogP contribution in [0, 0.1) is 5.92 Å². The Kier molecular flexibility index (Phi) is 2.28. The highest BCUT2D eigenvalue weighted by Crippen LogP contribution is 2.20. The van der Waals surface area contributed by atoms with Crippen molar-refractivity contribution >= 4 is 0 Å². The van der Waals surface area contributed by atoms with Crippen molar-refractivity contribution in [3.05, 3.63) is 23.3 Å². The molecule has 0 fully saturated rings. The Balaban J connectivity index is 2.72. The minimum absolute atomic E-state index is 0.682. The quantitative estimate of drug-likeness (QED) is 0.586. The molecular weight excluding hydrogens is 122 g/mol. The standard InChI is InChI=1S/C9H15N/c1-7-3-8(2)5-9(4-7)6-10/h4-5,7H,3,6,10H2,1-2H3. The van der Waals surface area contributed by atoms with Crippen molar-refractivity contribution in [3.63, 3.8) is 0 Å². The Hall–Kier alpha value is -0.560. The van der Waals surface area contributed by atoms with Gasteiger partial charge < -0.3 is 5.73 Å². The Morgan fingerprint density at radius 2 is 2.40 bits per heavy atom. The third kappa shape index (κ3) is 1.71. The minimum atomic E-state index is 0.682. The third-order valence-corrected chi connectivity index (χ3v) is 1.81. The maximum atomic E-state index is 5.51. The Bertz CT molecular complexity index is 177. The van der Waals surface area contributed by atoms with E-state index in [-0.39, 0.29) is 0 Å². The second-order valence-electron chi connectivity index (χ2n) is 3.12. The van der Waals surface area contributed by atoms with Gasteiger partial charge in [0.1, 0.15) is 0 Å². The molecule has 0 saturated heterocycles. The van der Waals surface area contributed by atoms with Crippen LogP contribution in [0.2, 0.25) is 0 Å². The molecule has 0 radical (unpaired) electrons. The Labute approximate surface area is 62.6 Å². The van der Waals surface area contributed by atoms with E-state index in [0.29, 0.717) is 12.5 Å². The predicted molar refractivity (Wildman–Crippen MR) is 44.7 cm³/mol. The zero-order chi connectivity index (χ0) is 7.56. The van der Waals surface area contributed by atoms with Gasteiger partial charge in [0.05, 0.1) is 0 Å². The van der Waals surface area contributed by atoms with E-state index < -0.39 is 0 Å². The highest BCUT2D eigenvalue weighted by molar-refractivity contribution is 5.28. The van der Waals surface area contributed by atoms with Crippen molar-refractivity contribution in [1.29, 1.82) is 0 Å². The van der Waals surface area contributed by atoms with Crippen LogP contribution in [0.15, 0.2) is 23.3 Å². The summed E-state index contributed by atoms with van der Waals surface area (Å²) >= 11 is 0. The molecule has 1 heteroatoms. The maximum Gasteiger partial charge on any atom is 0.0175 e. The van der Waals surface area contributed by atoms with Crippen molar-refractivity contribution in [2.75, 3.05) is 6.54 Å². The van der Waals surface area contributed by atoms with Gasteiger partial charge in [-0.15, -0.1) is 0 Å². The lowest BCUT2D eigenvalue weighted by molar-refractivity contribution is 0.697. The summed E-state index contributed by atoms with van der Waals surface area (Å²) in [5.41, 5.74) is 8.26. The molecule has 1 nitrogen and oxygen atoms in total. The largest absolute Gasteiger partial charge is 0.327 e. The van der Waals surface area contributed by atoms with Crippen LogP contribution in [0.25, 0.3) is 0 Å². The number of allylic oxidation sites excluding steroid dienone is 2. The predicted octanol–water partition coefficient (Wildman–Crippen LogP) is 1.86. The van der Waals surface area contributed by atoms with Gasteiger partial charge in [-0.25, -0.2) is 0 Å². The maximum absolute atomic E-state index is 5.51. The average Bonchev–Trinajstić information content (AvgIpc) is 1.85. The molecule has 0 saturated carbocycles. The topological polar surface area (TPSA) is 26.0 Å². The lowest BCUT2D eigenvalue weighted by Crippen LogP contribution is -2.07. The van der Waals surface area contributed by atoms with E-state index in [1.54, 1.807) is 0 Å². The van der Waals surface area contributed by atoms with Gasteiger partial charge in [-0.3, -0.25) is 0 Å². The van der Waals surface area contributed by atoms with Crippen molar-refractivity contribution in [2.45, 2.75) is 20.3 Å². The molecule has 0 aromatic carbocycles. The fraction of sp³-hybridized carbons (Fsp3) is 0.556. The zero-order valence-electron chi connectivity index (χ0n) is 6.72. The van der Waals surface area contributed by atoms with E-state index in [9.17, 15) is 0 Å². The number of nitrogens with two attached hydrogens (primary N) is 1. The number of rotatable bonds is 1. The SMILES string of the molecule is CC1=CC(CN)=CC(C)C1. The monoisotopic (exact) mass is 137 g/mol. The summed E-state index contributed by atoms with van der Waals surface area (Å²) in [6.07, 6.45) is 5.65. The molecule has 1 aliphatic carbocycles. The van der Waals surface area contributed by atoms with Gasteiger partial charge in [-0.1, -0.05) is 24.6 Å². The Morgan fingerprint density at radius 1 is 1.70 bits per heavy atom. The molecule has 1 atom stereocenters. The van der Waals surface area contributed by atoms with Crippen LogP contribution in [0.4, 0.5) is 0 Å². The summed E-state index contributed by atoms with van der Waals surface area (Å²) in [7, 11) is 0. The molecule has 1 aliphatic rings. The first-order valence-electron chi connectivity index (χ1n) is 3.80. The molecule has 56 valence electrons. The second-order valence-corrected chi connectivity index (χ2v) is 3.12. The molecule has 0 bridgehead atoms. The molecule has 0 aliphatic heterocycles. The first-order chi connectivity index (χ1) is 4.72. The van der Waals surface area contributed by atoms with Crippen molar-refractivity contribution < 1.29 is 0 Å². The fourth-order valence-corrected chi connectivity index (χ4v) is 1.48. The first kappa shape index (κ1) is 7.55. The highest BCUT2D eigenvalue weighted by Gasteiger charge is 2.06. The lowest BCUT2D eigenvalue weighted by atomic mass is 9.93. The zero-order valence-corrected chi connectivity index (χ0v) is 6.72. The van der Waals surface area contributed by atoms with E-state index in [1.165, 1.54) is 17.6 Å². The van der Waals surface area contributed by atoms with E-state index in [4.69, 9.17) is 5.73 Å². The van der Waals surface area contributed by atoms with Crippen molar-refractivity contribution in [1.82, 2.24) is 0 Å². The molecule has 1 unspecified atom stereocenters. The van der Waals surface area contributed by atoms with E-state index in [0.717, 1.165) is 0 Å². The number of hydrogen-bond donors (Lipinski definition) is 1. The molecular formula is C9H15N. The summed E-state index contributed by atoms with van der Waals surface area (Å²) in [5.74, 6) is 0.684. The third-order valence-electron chi connectivity index (χ3n) is 1.81. The highest BCUT2D eigenvalue weighted by atomic mass is 14.5. The Morgan fingerprint density at radius 3 is 2.90 bits per heavy atom. The van der Waals surface area contributed by atoms with E-state index >= 15 is 0 Å². The van der Waals surface area contributed by atoms with Gasteiger partial charge in [-0.05, 0) is 24.8 Å². The number of hydrogen-bond acceptors (Lipinski definition) is 1. The molecule has 0 heterocycles. The van der Waals surface area contributed by atoms with Gasteiger partial charge in [0.15, 0.2) is 0 Å². The van der Waals surface area contributed by atoms with Crippen molar-refractivity contribution in [2.24, 2.45) is 11.7 Å². The summed E-state index contributed by atoms with van der Waals surface area (Å²) in [6, 6.07) is 0. The molecule has 0 aromatic heterocycles. The molecule has 1 rings (SSSR count). The summed E-state index contributed by atoms with van der Waals surface area (Å²) in [5, 5.41) is 0. The fourth-order valence-electron chi connectivity index (χ4n) is 1.48. The summed E-state index contributed by atoms with van der Waals surface area (Å²) in [4.78, 5) is 0. The van der Waals surface area contributed by atoms with Gasteiger partial charge in [0.25, 0.3) is 0 Å². The van der Waals surface area contributed by atoms with E-state index in [2.05, 4.69) is 26.0 Å². The van der Waals surface area contributed by atoms with Gasteiger partial charge >= 0.3 is 0 Å². The van der Waals surface area contributed by atoms with Crippen LogP contribution in [-0.4, -0.2) is 6.54 Å². The van der Waals surface area contributed by atoms with Crippen LogP contribution >= 0.6 is 0 Å². The van der Waals surface area contributed by atoms with Crippen LogP contribution in [0.3, 0.4) is 0 Å². The van der Waals surface area contributed by atoms with Crippen LogP contribution in [0.5, 0.6) is 0 Å². The van der Waals surface area contributed by atoms with Crippen LogP contribution in [0.1, 0.15) is 20.3 Å². The second kappa shape index (κ2) is 3.02. The van der Waals surface area contributed by atoms with Crippen LogP contribution in [-0.2, 0) is 0 Å². The summed E-state index contributed by atoms with van der Waals surface area (Å²) < 4.78 is 0. The van der Waals surface area contributed by atoms with Gasteiger partial charge in [0, 0.05) is 6.54 Å². The summed E-state index contributed by atoms with van der Waals surface area (Å²) in [6.45, 7) is 5.08. The molecule has 10 heavy (non-hydrogen) atoms. The molecule has 0 amide bonds. The average molecular weight is 137 g/mol. The van der Waals surface area contributed by atoms with Crippen molar-refractivity contribution in [3.8, 4) is 0 Å². The molecule has 0 spiro atoms. The smallest absolute Gasteiger partial charge is 0.0175 e. The first-order valence-corrected chi connectivity index (χ1v) is 3.80.